The first-order valence-corrected chi connectivity index (χ1v) is 18.1. The largest absolute Gasteiger partial charge is 0.387 e. The van der Waals surface area contributed by atoms with Crippen LogP contribution in [0, 0.1) is 0 Å². The number of anilines is 1. The number of ether oxygens (including phenoxy) is 2. The first kappa shape index (κ1) is 32.5. The highest BCUT2D eigenvalue weighted by atomic mass is 32.5. The van der Waals surface area contributed by atoms with Gasteiger partial charge in [0.15, 0.2) is 48.4 Å². The van der Waals surface area contributed by atoms with Gasteiger partial charge in [-0.25, -0.2) is 33.7 Å². The van der Waals surface area contributed by atoms with E-state index < -0.39 is 81.9 Å². The predicted molar refractivity (Wildman–Crippen MR) is 157 cm³/mol. The van der Waals surface area contributed by atoms with Gasteiger partial charge in [0, 0.05) is 6.42 Å². The Balaban J connectivity index is 1.20. The van der Waals surface area contributed by atoms with E-state index in [1.54, 1.807) is 0 Å². The quantitative estimate of drug-likeness (QED) is 0.128. The number of nitrogens with zero attached hydrogens (tertiary/aromatic N) is 7. The molecule has 0 radical (unpaired) electrons. The van der Waals surface area contributed by atoms with Crippen LogP contribution in [0.5, 0.6) is 0 Å². The Morgan fingerprint density at radius 3 is 2.64 bits per heavy atom. The molecule has 18 nitrogen and oxygen atoms in total. The van der Waals surface area contributed by atoms with Crippen molar-refractivity contribution in [3.05, 3.63) is 35.7 Å². The number of fused-ring (bicyclic) bond motifs is 2. The van der Waals surface area contributed by atoms with Crippen LogP contribution in [0.1, 0.15) is 18.9 Å². The Morgan fingerprint density at radius 2 is 1.91 bits per heavy atom. The molecular formula is C21H25F2N9O9P2S2. The maximum atomic E-state index is 15.2. The molecule has 24 heteroatoms. The number of hydrogen-bond acceptors (Lipinski definition) is 15. The zero-order chi connectivity index (χ0) is 32.1. The summed E-state index contributed by atoms with van der Waals surface area (Å²) in [6.07, 6.45) is -4.42. The van der Waals surface area contributed by atoms with E-state index in [9.17, 15) is 24.1 Å². The highest BCUT2D eigenvalue weighted by Crippen LogP contribution is 2.52. The number of halogens is 2. The molecule has 2 saturated heterocycles. The molecule has 0 aliphatic carbocycles. The van der Waals surface area contributed by atoms with Crippen LogP contribution in [0.4, 0.5) is 14.6 Å². The maximum Gasteiger partial charge on any atom is 0.325 e. The third-order valence-corrected chi connectivity index (χ3v) is 9.56. The Labute approximate surface area is 261 Å². The van der Waals surface area contributed by atoms with E-state index in [-0.39, 0.29) is 34.6 Å². The molecule has 244 valence electrons. The summed E-state index contributed by atoms with van der Waals surface area (Å²) < 4.78 is 60.2. The second kappa shape index (κ2) is 12.6. The van der Waals surface area contributed by atoms with Crippen molar-refractivity contribution in [2.24, 2.45) is 0 Å². The Kier molecular flexibility index (Phi) is 9.11. The summed E-state index contributed by atoms with van der Waals surface area (Å²) in [6, 6.07) is 0. The van der Waals surface area contributed by atoms with Gasteiger partial charge < -0.3 is 48.7 Å². The molecule has 4 aromatic rings. The van der Waals surface area contributed by atoms with Crippen LogP contribution in [0.3, 0.4) is 0 Å². The van der Waals surface area contributed by atoms with Gasteiger partial charge in [0.1, 0.15) is 42.4 Å². The number of hydrogen-bond donors (Lipinski definition) is 5. The van der Waals surface area contributed by atoms with E-state index in [0.29, 0.717) is 0 Å². The number of aromatic amines is 1. The molecule has 45 heavy (non-hydrogen) atoms. The lowest BCUT2D eigenvalue weighted by Gasteiger charge is -2.26. The molecule has 0 amide bonds. The lowest BCUT2D eigenvalue weighted by atomic mass is 10.0. The first-order valence-electron chi connectivity index (χ1n) is 13.0. The third-order valence-electron chi connectivity index (χ3n) is 7.23. The van der Waals surface area contributed by atoms with Crippen molar-refractivity contribution in [2.75, 3.05) is 25.6 Å². The van der Waals surface area contributed by atoms with E-state index in [2.05, 4.69) is 29.9 Å². The second-order valence-electron chi connectivity index (χ2n) is 10.1. The average molecular weight is 712 g/mol. The van der Waals surface area contributed by atoms with Crippen molar-refractivity contribution < 1.29 is 46.7 Å². The van der Waals surface area contributed by atoms with Crippen molar-refractivity contribution in [2.45, 2.75) is 49.0 Å². The predicted octanol–water partition coefficient (Wildman–Crippen LogP) is -0.101. The molecular weight excluding hydrogens is 686 g/mol. The number of nitrogens with one attached hydrogen (secondary N) is 1. The number of nitrogen functional groups attached to an aromatic ring is 1. The van der Waals surface area contributed by atoms with Gasteiger partial charge in [-0.05, 0) is 23.6 Å². The zero-order valence-electron chi connectivity index (χ0n) is 22.6. The molecule has 2 fully saturated rings. The highest BCUT2D eigenvalue weighted by Gasteiger charge is 2.52. The van der Waals surface area contributed by atoms with Crippen LogP contribution >= 0.6 is 13.9 Å². The molecule has 2 aliphatic rings. The summed E-state index contributed by atoms with van der Waals surface area (Å²) in [7, 11) is -2.65. The Morgan fingerprint density at radius 1 is 1.20 bits per heavy atom. The molecule has 6 rings (SSSR count). The van der Waals surface area contributed by atoms with Gasteiger partial charge in [-0.3, -0.25) is 13.9 Å². The van der Waals surface area contributed by atoms with Gasteiger partial charge in [0.25, 0.3) is 5.56 Å². The normalized spacial score (nSPS) is 30.7. The van der Waals surface area contributed by atoms with E-state index in [0.717, 1.165) is 6.33 Å². The molecule has 4 aromatic heterocycles. The van der Waals surface area contributed by atoms with Crippen LogP contribution in [-0.2, 0) is 46.7 Å². The fraction of sp³-hybridized carbons (Fsp3) is 0.524. The van der Waals surface area contributed by atoms with Gasteiger partial charge >= 0.3 is 6.72 Å². The number of imidazole rings is 2. The molecule has 2 unspecified atom stereocenters. The van der Waals surface area contributed by atoms with E-state index in [4.69, 9.17) is 52.4 Å². The summed E-state index contributed by atoms with van der Waals surface area (Å²) >= 11 is 9.90. The fourth-order valence-electron chi connectivity index (χ4n) is 5.12. The number of aliphatic hydroxyl groups excluding tert-OH is 1. The van der Waals surface area contributed by atoms with Crippen molar-refractivity contribution in [1.82, 2.24) is 39.0 Å². The molecule has 0 saturated carbocycles. The monoisotopic (exact) mass is 711 g/mol. The standard InChI is InChI=1S/C21H25F2N9O9P2S2/c22-3-21(4-37-42(35)44)1-9(19(40-21)31-8-30-13-17(31)27-6-28-18(13)34)41-43(36,45)38-2-10-14(33)11(23)20(39-10)32-7-29-12-15(24)25-5-26-16(12)32/h5-11,14,19-20,33,42H,1-4H2,(H,35,44)(H,36,45)(H2,24,25,26)(H,27,28,34)/t9-,10-,11+,14-,19-,20-,21-,43?/m1/s1. The first-order chi connectivity index (χ1) is 21.4. The van der Waals surface area contributed by atoms with Crippen LogP contribution in [0.15, 0.2) is 30.1 Å². The lowest BCUT2D eigenvalue weighted by Crippen LogP contribution is -2.36. The fourth-order valence-corrected chi connectivity index (χ4v) is 7.12. The Bertz CT molecular complexity index is 1850. The van der Waals surface area contributed by atoms with Crippen LogP contribution in [-0.4, -0.2) is 104 Å². The van der Waals surface area contributed by atoms with Crippen LogP contribution in [0.2, 0.25) is 0 Å². The van der Waals surface area contributed by atoms with Gasteiger partial charge in [0.05, 0.1) is 32.2 Å². The van der Waals surface area contributed by atoms with E-state index in [1.807, 2.05) is 0 Å². The van der Waals surface area contributed by atoms with Gasteiger partial charge in [-0.15, -0.1) is 0 Å². The molecule has 6 N–H and O–H groups in total. The summed E-state index contributed by atoms with van der Waals surface area (Å²) in [5.74, 6) is 0.0661. The summed E-state index contributed by atoms with van der Waals surface area (Å²) in [6.45, 7) is -6.44. The van der Waals surface area contributed by atoms with Crippen molar-refractivity contribution in [3.8, 4) is 0 Å². The molecule has 6 heterocycles. The minimum Gasteiger partial charge on any atom is -0.387 e. The number of alkyl halides is 2. The lowest BCUT2D eigenvalue weighted by molar-refractivity contribution is -0.110. The summed E-state index contributed by atoms with van der Waals surface area (Å²) in [5, 5.41) is 10.6. The summed E-state index contributed by atoms with van der Waals surface area (Å²) in [5.41, 5.74) is 3.91. The molecule has 0 aromatic carbocycles. The van der Waals surface area contributed by atoms with Crippen molar-refractivity contribution >= 4 is 65.6 Å². The number of H-pyrrole nitrogens is 1. The zero-order valence-corrected chi connectivity index (χ0v) is 26.1. The van der Waals surface area contributed by atoms with E-state index >= 15 is 4.39 Å². The maximum absolute atomic E-state index is 15.2. The SMILES string of the molecule is Nc1ncnc2c1ncn2[C@@H]1O[C@H](COP(O)(=S)O[C@@H]2C[C@@](CF)(CO[PH](O)=S)O[C@H]2n2cnc3c(=O)[nH]cnc32)[C@@H](O)[C@@H]1F. The third kappa shape index (κ3) is 6.30. The van der Waals surface area contributed by atoms with Crippen molar-refractivity contribution in [3.63, 3.8) is 0 Å². The minimum atomic E-state index is -4.25. The number of rotatable bonds is 11. The molecule has 0 spiro atoms. The average Bonchev–Trinajstić information content (AvgIpc) is 3.77. The molecule has 0 bridgehead atoms. The second-order valence-corrected chi connectivity index (χ2v) is 14.8. The molecule has 9 atom stereocenters. The van der Waals surface area contributed by atoms with E-state index in [1.165, 1.54) is 28.1 Å². The van der Waals surface area contributed by atoms with Gasteiger partial charge in [-0.2, -0.15) is 0 Å². The van der Waals surface area contributed by atoms with Gasteiger partial charge in [-0.1, -0.05) is 0 Å². The van der Waals surface area contributed by atoms with Crippen LogP contribution in [0.25, 0.3) is 22.3 Å². The summed E-state index contributed by atoms with van der Waals surface area (Å²) in [4.78, 5) is 55.2. The number of aliphatic hydroxyl groups is 1. The minimum absolute atomic E-state index is 0.0526. The van der Waals surface area contributed by atoms with Crippen molar-refractivity contribution in [1.29, 1.82) is 0 Å². The van der Waals surface area contributed by atoms with Crippen LogP contribution < -0.4 is 11.3 Å². The van der Waals surface area contributed by atoms with Gasteiger partial charge in [0.2, 0.25) is 0 Å². The smallest absolute Gasteiger partial charge is 0.325 e. The highest BCUT2D eigenvalue weighted by molar-refractivity contribution is 8.07. The topological polar surface area (TPSA) is 240 Å². The number of nitrogens with two attached hydrogens (primary N) is 1. The number of aromatic nitrogens is 8. The Hall–Kier alpha value is -2.46. The molecule has 2 aliphatic heterocycles.